The number of hydrogen-bond acceptors (Lipinski definition) is 8. The van der Waals surface area contributed by atoms with Gasteiger partial charge in [0.1, 0.15) is 24.0 Å². The summed E-state index contributed by atoms with van der Waals surface area (Å²) in [5, 5.41) is 32.7. The Morgan fingerprint density at radius 1 is 1.18 bits per heavy atom. The number of likely N-dealkylation sites (tertiary alicyclic amines) is 1. The van der Waals surface area contributed by atoms with E-state index in [4.69, 9.17) is 9.57 Å². The number of oxime groups is 1. The lowest BCUT2D eigenvalue weighted by molar-refractivity contribution is -0.130. The van der Waals surface area contributed by atoms with Crippen LogP contribution in [0.5, 0.6) is 0 Å². The second-order valence-electron chi connectivity index (χ2n) is 9.96. The smallest absolute Gasteiger partial charge is 0.219 e. The van der Waals surface area contributed by atoms with Crippen molar-refractivity contribution in [2.75, 3.05) is 19.7 Å². The fraction of sp³-hybridized carbons (Fsp3) is 0.560. The lowest BCUT2D eigenvalue weighted by Crippen LogP contribution is -2.48. The summed E-state index contributed by atoms with van der Waals surface area (Å²) >= 11 is 0. The lowest BCUT2D eigenvalue weighted by atomic mass is 9.87. The van der Waals surface area contributed by atoms with Crippen molar-refractivity contribution < 1.29 is 37.8 Å². The van der Waals surface area contributed by atoms with Crippen molar-refractivity contribution in [3.8, 4) is 11.3 Å². The highest BCUT2D eigenvalue weighted by molar-refractivity contribution is 5.86. The zero-order valence-electron chi connectivity index (χ0n) is 20.7. The van der Waals surface area contributed by atoms with Crippen LogP contribution in [0.1, 0.15) is 38.6 Å². The van der Waals surface area contributed by atoms with Crippen molar-refractivity contribution >= 4 is 11.6 Å². The Balaban J connectivity index is 1.24. The maximum absolute atomic E-state index is 13.7. The van der Waals surface area contributed by atoms with Crippen LogP contribution in [0.3, 0.4) is 0 Å². The van der Waals surface area contributed by atoms with Gasteiger partial charge in [0.2, 0.25) is 5.91 Å². The summed E-state index contributed by atoms with van der Waals surface area (Å²) in [7, 11) is 0. The highest BCUT2D eigenvalue weighted by atomic mass is 19.2. The van der Waals surface area contributed by atoms with Crippen LogP contribution in [0, 0.1) is 29.8 Å². The Labute approximate surface area is 217 Å². The van der Waals surface area contributed by atoms with Crippen LogP contribution in [0.25, 0.3) is 11.3 Å². The van der Waals surface area contributed by atoms with Crippen molar-refractivity contribution in [1.29, 1.82) is 0 Å². The third-order valence-electron chi connectivity index (χ3n) is 7.47. The van der Waals surface area contributed by atoms with Gasteiger partial charge in [-0.05, 0) is 25.0 Å². The van der Waals surface area contributed by atoms with Gasteiger partial charge in [-0.1, -0.05) is 10.4 Å². The average Bonchev–Trinajstić information content (AvgIpc) is 3.58. The minimum atomic E-state index is -1.58. The molecule has 3 aliphatic rings. The molecular weight excluding hydrogens is 507 g/mol. The molecule has 2 N–H and O–H groups in total. The highest BCUT2D eigenvalue weighted by Gasteiger charge is 2.41. The molecule has 1 radical (unpaired) electrons. The molecule has 0 saturated carbocycles. The third-order valence-corrected chi connectivity index (χ3v) is 7.47. The standard InChI is InChI=1S/C25H29F3N5O5/c1-13(35)32-4-2-14(3-5-32)22-9-16(30-38-22)8-17-10-21(25(36)23(12-34)37-17)33-11-20(29-31-33)15-6-18(26)24(28)19(27)7-15/h6-7,10-11,14,17,21-23,25,34,36H,2-5,8-9,12H2,1H3/t17-,21-,22-,23+,25+/m0/s1. The molecule has 1 aromatic carbocycles. The Hall–Kier alpha value is -3.03. The number of piperidine rings is 1. The SMILES string of the molecule is CC(=O)N1CCC([C@@H]2CC(C[C@H]3[CH][C@H](n4cc(-c5cc(F)c(F)c(F)c5)nn4)[C@@H](O)[C@@H](CO)O3)=NO2)CC1. The van der Waals surface area contributed by atoms with Gasteiger partial charge in [0.05, 0.1) is 30.7 Å². The van der Waals surface area contributed by atoms with Gasteiger partial charge in [0, 0.05) is 50.8 Å². The van der Waals surface area contributed by atoms with Gasteiger partial charge in [-0.15, -0.1) is 5.10 Å². The first-order chi connectivity index (χ1) is 18.2. The fourth-order valence-corrected chi connectivity index (χ4v) is 5.31. The van der Waals surface area contributed by atoms with Crippen LogP contribution < -0.4 is 0 Å². The molecule has 2 aromatic rings. The molecule has 0 aliphatic carbocycles. The predicted molar refractivity (Wildman–Crippen MR) is 127 cm³/mol. The van der Waals surface area contributed by atoms with Crippen molar-refractivity contribution in [3.05, 3.63) is 42.2 Å². The van der Waals surface area contributed by atoms with Gasteiger partial charge in [-0.3, -0.25) is 4.79 Å². The van der Waals surface area contributed by atoms with Crippen LogP contribution in [0.4, 0.5) is 13.2 Å². The molecule has 5 rings (SSSR count). The Bertz CT molecular complexity index is 1180. The molecule has 38 heavy (non-hydrogen) atoms. The first kappa shape index (κ1) is 26.6. The second-order valence-corrected chi connectivity index (χ2v) is 9.96. The zero-order valence-corrected chi connectivity index (χ0v) is 20.7. The molecule has 2 fully saturated rings. The number of aliphatic hydroxyl groups excluding tert-OH is 2. The van der Waals surface area contributed by atoms with Gasteiger partial charge >= 0.3 is 0 Å². The highest BCUT2D eigenvalue weighted by Crippen LogP contribution is 2.34. The van der Waals surface area contributed by atoms with E-state index in [-0.39, 0.29) is 29.2 Å². The van der Waals surface area contributed by atoms with E-state index in [1.807, 2.05) is 4.90 Å². The first-order valence-corrected chi connectivity index (χ1v) is 12.6. The molecule has 0 unspecified atom stereocenters. The number of benzene rings is 1. The number of ether oxygens (including phenoxy) is 1. The van der Waals surface area contributed by atoms with E-state index in [9.17, 15) is 28.2 Å². The number of rotatable bonds is 6. The summed E-state index contributed by atoms with van der Waals surface area (Å²) in [6, 6.07) is 0.862. The number of hydrogen-bond donors (Lipinski definition) is 2. The Morgan fingerprint density at radius 2 is 1.89 bits per heavy atom. The maximum Gasteiger partial charge on any atom is 0.219 e. The number of carbonyl (C=O) groups excluding carboxylic acids is 1. The molecular formula is C25H29F3N5O5. The molecule has 4 heterocycles. The van der Waals surface area contributed by atoms with Crippen LogP contribution in [0.15, 0.2) is 23.5 Å². The lowest BCUT2D eigenvalue weighted by Gasteiger charge is -2.38. The van der Waals surface area contributed by atoms with Crippen molar-refractivity contribution in [2.45, 2.75) is 63.1 Å². The van der Waals surface area contributed by atoms with Gasteiger partial charge in [0.25, 0.3) is 0 Å². The van der Waals surface area contributed by atoms with E-state index in [0.29, 0.717) is 25.9 Å². The van der Waals surface area contributed by atoms with Crippen LogP contribution in [-0.4, -0.2) is 85.8 Å². The minimum absolute atomic E-state index is 0.0119. The number of amides is 1. The van der Waals surface area contributed by atoms with Crippen LogP contribution >= 0.6 is 0 Å². The Morgan fingerprint density at radius 3 is 2.55 bits per heavy atom. The van der Waals surface area contributed by atoms with Gasteiger partial charge in [-0.2, -0.15) is 0 Å². The van der Waals surface area contributed by atoms with E-state index in [1.165, 1.54) is 10.9 Å². The second kappa shape index (κ2) is 11.0. The van der Waals surface area contributed by atoms with Crippen LogP contribution in [0.2, 0.25) is 0 Å². The van der Waals surface area contributed by atoms with Gasteiger partial charge in [0.15, 0.2) is 17.5 Å². The van der Waals surface area contributed by atoms with Crippen molar-refractivity contribution in [3.63, 3.8) is 0 Å². The zero-order chi connectivity index (χ0) is 27.0. The van der Waals surface area contributed by atoms with E-state index in [0.717, 1.165) is 30.7 Å². The molecule has 5 atom stereocenters. The van der Waals surface area contributed by atoms with E-state index in [2.05, 4.69) is 15.5 Å². The van der Waals surface area contributed by atoms with E-state index >= 15 is 0 Å². The molecule has 1 amide bonds. The van der Waals surface area contributed by atoms with Crippen molar-refractivity contribution in [2.24, 2.45) is 11.1 Å². The van der Waals surface area contributed by atoms with Crippen molar-refractivity contribution in [1.82, 2.24) is 19.9 Å². The quantitative estimate of drug-likeness (QED) is 0.542. The van der Waals surface area contributed by atoms with Gasteiger partial charge in [-0.25, -0.2) is 17.9 Å². The average molecular weight is 537 g/mol. The molecule has 1 aromatic heterocycles. The van der Waals surface area contributed by atoms with Crippen LogP contribution in [-0.2, 0) is 14.4 Å². The number of carbonyl (C=O) groups is 1. The number of nitrogens with zero attached hydrogens (tertiary/aromatic N) is 5. The summed E-state index contributed by atoms with van der Waals surface area (Å²) in [4.78, 5) is 19.1. The normalized spacial score (nSPS) is 28.3. The Kier molecular flexibility index (Phi) is 7.68. The summed E-state index contributed by atoms with van der Waals surface area (Å²) in [5.41, 5.74) is 0.856. The number of halogens is 3. The molecule has 10 nitrogen and oxygen atoms in total. The molecule has 0 bridgehead atoms. The predicted octanol–water partition coefficient (Wildman–Crippen LogP) is 2.02. The van der Waals surface area contributed by atoms with Gasteiger partial charge < -0.3 is 24.7 Å². The monoisotopic (exact) mass is 536 g/mol. The maximum atomic E-state index is 13.7. The summed E-state index contributed by atoms with van der Waals surface area (Å²) in [6.45, 7) is 2.52. The topological polar surface area (TPSA) is 122 Å². The van der Waals surface area contributed by atoms with E-state index in [1.54, 1.807) is 13.3 Å². The largest absolute Gasteiger partial charge is 0.394 e. The summed E-state index contributed by atoms with van der Waals surface area (Å²) < 4.78 is 47.9. The summed E-state index contributed by atoms with van der Waals surface area (Å²) in [6.07, 6.45) is 3.07. The van der Waals surface area contributed by atoms with E-state index < -0.39 is 48.4 Å². The molecule has 13 heteroatoms. The number of aliphatic hydroxyl groups is 2. The molecule has 3 aliphatic heterocycles. The molecule has 0 spiro atoms. The minimum Gasteiger partial charge on any atom is -0.394 e. The molecule has 2 saturated heterocycles. The third kappa shape index (κ3) is 5.40. The summed E-state index contributed by atoms with van der Waals surface area (Å²) in [5.74, 6) is -3.92. The first-order valence-electron chi connectivity index (χ1n) is 12.6. The molecule has 205 valence electrons. The number of aromatic nitrogens is 3. The fourth-order valence-electron chi connectivity index (χ4n) is 5.31.